The summed E-state index contributed by atoms with van der Waals surface area (Å²) in [5.74, 6) is -1.19. The third-order valence-electron chi connectivity index (χ3n) is 4.63. The molecule has 1 aromatic carbocycles. The van der Waals surface area contributed by atoms with E-state index in [-0.39, 0.29) is 22.7 Å². The summed E-state index contributed by atoms with van der Waals surface area (Å²) in [5, 5.41) is 13.3. The first-order valence-corrected chi connectivity index (χ1v) is 9.02. The number of nitrogens with zero attached hydrogens (tertiary/aromatic N) is 3. The molecule has 3 heterocycles. The normalized spacial score (nSPS) is 15.3. The van der Waals surface area contributed by atoms with Crippen LogP contribution < -0.4 is 10.2 Å². The van der Waals surface area contributed by atoms with Gasteiger partial charge in [0.25, 0.3) is 17.5 Å². The second-order valence-electron chi connectivity index (χ2n) is 6.62. The Morgan fingerprint density at radius 1 is 1.10 bits per heavy atom. The Morgan fingerprint density at radius 2 is 1.84 bits per heavy atom. The molecule has 4 rings (SSSR count). The quantitative estimate of drug-likeness (QED) is 0.297. The SMILES string of the molecule is Cc1ccc(-c2ccc(/C=C3\C(=O)NC(=O)N(c4ccncc4)C3=O)o2)cc1[N+](=O)[O-]. The fraction of sp³-hybridized carbons (Fsp3) is 0.0476. The topological polar surface area (TPSA) is 136 Å². The Kier molecular flexibility index (Phi) is 4.88. The Balaban J connectivity index is 1.67. The van der Waals surface area contributed by atoms with Crippen molar-refractivity contribution < 1.29 is 23.7 Å². The molecule has 10 nitrogen and oxygen atoms in total. The smallest absolute Gasteiger partial charge is 0.335 e. The van der Waals surface area contributed by atoms with E-state index in [9.17, 15) is 24.5 Å². The molecule has 1 N–H and O–H groups in total. The molecule has 31 heavy (non-hydrogen) atoms. The van der Waals surface area contributed by atoms with Gasteiger partial charge in [0.2, 0.25) is 0 Å². The van der Waals surface area contributed by atoms with Crippen molar-refractivity contribution in [2.24, 2.45) is 0 Å². The van der Waals surface area contributed by atoms with Crippen molar-refractivity contribution in [3.63, 3.8) is 0 Å². The van der Waals surface area contributed by atoms with Gasteiger partial charge in [0.05, 0.1) is 10.6 Å². The van der Waals surface area contributed by atoms with Crippen molar-refractivity contribution in [2.75, 3.05) is 4.90 Å². The lowest BCUT2D eigenvalue weighted by molar-refractivity contribution is -0.385. The number of urea groups is 1. The number of barbiturate groups is 1. The molecule has 1 fully saturated rings. The van der Waals surface area contributed by atoms with Crippen LogP contribution in [0.25, 0.3) is 17.4 Å². The second-order valence-corrected chi connectivity index (χ2v) is 6.62. The van der Waals surface area contributed by atoms with E-state index in [4.69, 9.17) is 4.42 Å². The minimum atomic E-state index is -0.870. The number of nitrogens with one attached hydrogen (secondary N) is 1. The van der Waals surface area contributed by atoms with Crippen LogP contribution in [0, 0.1) is 17.0 Å². The molecule has 3 aromatic rings. The van der Waals surface area contributed by atoms with Crippen LogP contribution in [0.5, 0.6) is 0 Å². The number of anilines is 1. The highest BCUT2D eigenvalue weighted by Gasteiger charge is 2.37. The zero-order valence-corrected chi connectivity index (χ0v) is 16.1. The van der Waals surface area contributed by atoms with Crippen molar-refractivity contribution in [2.45, 2.75) is 6.92 Å². The minimum Gasteiger partial charge on any atom is -0.457 e. The highest BCUT2D eigenvalue weighted by Crippen LogP contribution is 2.29. The fourth-order valence-corrected chi connectivity index (χ4v) is 3.07. The van der Waals surface area contributed by atoms with E-state index < -0.39 is 22.8 Å². The van der Waals surface area contributed by atoms with Gasteiger partial charge in [0.1, 0.15) is 17.1 Å². The fourth-order valence-electron chi connectivity index (χ4n) is 3.07. The Labute approximate surface area is 175 Å². The third kappa shape index (κ3) is 3.69. The van der Waals surface area contributed by atoms with E-state index in [1.807, 2.05) is 0 Å². The molecule has 0 bridgehead atoms. The third-order valence-corrected chi connectivity index (χ3v) is 4.63. The van der Waals surface area contributed by atoms with Crippen LogP contribution in [0.4, 0.5) is 16.2 Å². The van der Waals surface area contributed by atoms with Crippen LogP contribution in [0.15, 0.2) is 64.8 Å². The lowest BCUT2D eigenvalue weighted by Crippen LogP contribution is -2.54. The molecule has 0 saturated carbocycles. The number of carbonyl (C=O) groups is 3. The van der Waals surface area contributed by atoms with Gasteiger partial charge in [-0.15, -0.1) is 0 Å². The molecule has 0 atom stereocenters. The number of aromatic nitrogens is 1. The maximum Gasteiger partial charge on any atom is 0.335 e. The summed E-state index contributed by atoms with van der Waals surface area (Å²) in [6.45, 7) is 1.63. The highest BCUT2D eigenvalue weighted by molar-refractivity contribution is 6.39. The van der Waals surface area contributed by atoms with Gasteiger partial charge >= 0.3 is 6.03 Å². The molecule has 10 heteroatoms. The van der Waals surface area contributed by atoms with Gasteiger partial charge in [-0.25, -0.2) is 9.69 Å². The second kappa shape index (κ2) is 7.67. The number of rotatable bonds is 4. The summed E-state index contributed by atoms with van der Waals surface area (Å²) in [6, 6.07) is 9.78. The van der Waals surface area contributed by atoms with Gasteiger partial charge in [0.15, 0.2) is 0 Å². The Morgan fingerprint density at radius 3 is 2.55 bits per heavy atom. The molecule has 1 aliphatic rings. The molecule has 1 saturated heterocycles. The minimum absolute atomic E-state index is 0.0536. The molecule has 2 aromatic heterocycles. The number of amides is 4. The zero-order valence-electron chi connectivity index (χ0n) is 16.1. The molecular weight excluding hydrogens is 404 g/mol. The number of hydrogen-bond donors (Lipinski definition) is 1. The predicted molar refractivity (Wildman–Crippen MR) is 109 cm³/mol. The van der Waals surface area contributed by atoms with Crippen molar-refractivity contribution in [1.29, 1.82) is 0 Å². The van der Waals surface area contributed by atoms with E-state index in [0.717, 1.165) is 4.90 Å². The zero-order chi connectivity index (χ0) is 22.1. The Hall–Kier alpha value is -4.60. The van der Waals surface area contributed by atoms with Crippen LogP contribution in [-0.4, -0.2) is 27.8 Å². The highest BCUT2D eigenvalue weighted by atomic mass is 16.6. The van der Waals surface area contributed by atoms with Gasteiger partial charge in [0, 0.05) is 29.6 Å². The van der Waals surface area contributed by atoms with Gasteiger partial charge in [-0.05, 0) is 37.3 Å². The monoisotopic (exact) mass is 418 g/mol. The number of hydrogen-bond acceptors (Lipinski definition) is 7. The predicted octanol–water partition coefficient (Wildman–Crippen LogP) is 3.22. The molecule has 0 spiro atoms. The number of nitro benzene ring substituents is 1. The number of nitro groups is 1. The summed E-state index contributed by atoms with van der Waals surface area (Å²) in [5.41, 5.74) is 0.875. The molecule has 4 amide bonds. The van der Waals surface area contributed by atoms with E-state index >= 15 is 0 Å². The van der Waals surface area contributed by atoms with E-state index in [0.29, 0.717) is 16.9 Å². The molecule has 1 aliphatic heterocycles. The molecule has 154 valence electrons. The lowest BCUT2D eigenvalue weighted by atomic mass is 10.1. The van der Waals surface area contributed by atoms with Gasteiger partial charge < -0.3 is 4.42 Å². The first-order chi connectivity index (χ1) is 14.8. The van der Waals surface area contributed by atoms with Gasteiger partial charge in [-0.2, -0.15) is 0 Å². The number of imide groups is 2. The van der Waals surface area contributed by atoms with Crippen molar-refractivity contribution >= 4 is 35.3 Å². The molecule has 0 radical (unpaired) electrons. The number of benzene rings is 1. The first kappa shape index (κ1) is 19.7. The summed E-state index contributed by atoms with van der Waals surface area (Å²) in [7, 11) is 0. The molecule has 0 aliphatic carbocycles. The number of aryl methyl sites for hydroxylation is 1. The number of pyridine rings is 1. The van der Waals surface area contributed by atoms with E-state index in [2.05, 4.69) is 10.3 Å². The van der Waals surface area contributed by atoms with Crippen LogP contribution >= 0.6 is 0 Å². The maximum atomic E-state index is 12.8. The summed E-state index contributed by atoms with van der Waals surface area (Å²) in [4.78, 5) is 52.6. The van der Waals surface area contributed by atoms with Crippen molar-refractivity contribution in [3.05, 3.63) is 81.9 Å². The van der Waals surface area contributed by atoms with Crippen molar-refractivity contribution in [1.82, 2.24) is 10.3 Å². The van der Waals surface area contributed by atoms with E-state index in [1.54, 1.807) is 25.1 Å². The molecular formula is C21H14N4O6. The standard InChI is InChI=1S/C21H14N4O6/c1-12-2-3-13(10-17(12)25(29)30)18-5-4-15(31-18)11-16-19(26)23-21(28)24(20(16)27)14-6-8-22-9-7-14/h2-11H,1H3,(H,23,26,28)/b16-11+. The summed E-state index contributed by atoms with van der Waals surface area (Å²) in [6.07, 6.45) is 4.04. The van der Waals surface area contributed by atoms with Crippen LogP contribution in [-0.2, 0) is 9.59 Å². The Bertz CT molecular complexity index is 1260. The molecule has 0 unspecified atom stereocenters. The van der Waals surface area contributed by atoms with Crippen molar-refractivity contribution in [3.8, 4) is 11.3 Å². The van der Waals surface area contributed by atoms with E-state index in [1.165, 1.54) is 42.7 Å². The lowest BCUT2D eigenvalue weighted by Gasteiger charge is -2.25. The maximum absolute atomic E-state index is 12.8. The van der Waals surface area contributed by atoms with Gasteiger partial charge in [-0.1, -0.05) is 12.1 Å². The average molecular weight is 418 g/mol. The first-order valence-electron chi connectivity index (χ1n) is 9.02. The van der Waals surface area contributed by atoms with Crippen LogP contribution in [0.2, 0.25) is 0 Å². The summed E-state index contributed by atoms with van der Waals surface area (Å²) >= 11 is 0. The van der Waals surface area contributed by atoms with Gasteiger partial charge in [-0.3, -0.25) is 30.0 Å². The van der Waals surface area contributed by atoms with Crippen LogP contribution in [0.3, 0.4) is 0 Å². The largest absolute Gasteiger partial charge is 0.457 e. The number of furan rings is 1. The average Bonchev–Trinajstić information content (AvgIpc) is 3.20. The summed E-state index contributed by atoms with van der Waals surface area (Å²) < 4.78 is 5.67. The number of carbonyl (C=O) groups excluding carboxylic acids is 3. The van der Waals surface area contributed by atoms with Crippen LogP contribution in [0.1, 0.15) is 11.3 Å².